The van der Waals surface area contributed by atoms with Crippen LogP contribution in [0.15, 0.2) is 46.8 Å². The highest BCUT2D eigenvalue weighted by molar-refractivity contribution is 7.99. The normalized spacial score (nSPS) is 13.9. The second kappa shape index (κ2) is 10.7. The number of amides is 1. The van der Waals surface area contributed by atoms with Crippen LogP contribution in [-0.4, -0.2) is 42.6 Å². The summed E-state index contributed by atoms with van der Waals surface area (Å²) in [4.78, 5) is 17.8. The number of aromatic nitrogens is 4. The summed E-state index contributed by atoms with van der Waals surface area (Å²) in [5, 5.41) is 29.4. The third-order valence-electron chi connectivity index (χ3n) is 5.61. The van der Waals surface area contributed by atoms with Gasteiger partial charge >= 0.3 is 0 Å². The number of halogens is 1. The lowest BCUT2D eigenvalue weighted by atomic mass is 9.99. The van der Waals surface area contributed by atoms with Crippen LogP contribution in [0.4, 0.5) is 15.9 Å². The van der Waals surface area contributed by atoms with Crippen LogP contribution in [0, 0.1) is 5.82 Å². The van der Waals surface area contributed by atoms with E-state index in [9.17, 15) is 14.4 Å². The number of carbonyl (C=O) groups is 1. The molecule has 0 spiro atoms. The molecule has 1 saturated carbocycles. The molecule has 4 rings (SSSR count). The number of nitrogens with one attached hydrogen (secondary N) is 2. The Bertz CT molecular complexity index is 1120. The number of rotatable bonds is 9. The van der Waals surface area contributed by atoms with Crippen molar-refractivity contribution in [3.8, 4) is 0 Å². The Morgan fingerprint density at radius 1 is 1.27 bits per heavy atom. The molecule has 0 aliphatic heterocycles. The van der Waals surface area contributed by atoms with Crippen LogP contribution in [0.25, 0.3) is 0 Å². The third kappa shape index (κ3) is 5.49. The average molecular weight is 473 g/mol. The molecule has 0 bridgehead atoms. The number of anilines is 2. The molecule has 174 valence electrons. The molecule has 0 atom stereocenters. The number of aryl methyl sites for hydroxylation is 1. The van der Waals surface area contributed by atoms with Crippen LogP contribution >= 0.6 is 11.8 Å². The van der Waals surface area contributed by atoms with Crippen LogP contribution in [0.3, 0.4) is 0 Å². The summed E-state index contributed by atoms with van der Waals surface area (Å²) in [6.07, 6.45) is 8.03. The molecule has 3 aromatic rings. The van der Waals surface area contributed by atoms with Crippen molar-refractivity contribution in [2.75, 3.05) is 17.4 Å². The minimum absolute atomic E-state index is 0.0326. The van der Waals surface area contributed by atoms with Crippen LogP contribution in [0.1, 0.15) is 53.9 Å². The fourth-order valence-electron chi connectivity index (χ4n) is 3.88. The van der Waals surface area contributed by atoms with E-state index < -0.39 is 11.7 Å². The third-order valence-corrected chi connectivity index (χ3v) is 6.69. The molecule has 1 aromatic carbocycles. The van der Waals surface area contributed by atoms with Gasteiger partial charge in [0.05, 0.1) is 11.3 Å². The van der Waals surface area contributed by atoms with Crippen molar-refractivity contribution >= 4 is 29.2 Å². The van der Waals surface area contributed by atoms with E-state index in [1.54, 1.807) is 29.2 Å². The number of hydrogen-bond donors (Lipinski definition) is 4. The molecule has 1 fully saturated rings. The summed E-state index contributed by atoms with van der Waals surface area (Å²) >= 11 is 1.20. The fourth-order valence-corrected chi connectivity index (χ4v) is 4.82. The van der Waals surface area contributed by atoms with Crippen molar-refractivity contribution < 1.29 is 19.5 Å². The van der Waals surface area contributed by atoms with E-state index in [0.29, 0.717) is 34.6 Å². The van der Waals surface area contributed by atoms with Gasteiger partial charge in [-0.25, -0.2) is 9.37 Å². The van der Waals surface area contributed by atoms with Gasteiger partial charge in [0.2, 0.25) is 0 Å². The number of hydrogen-bond acceptors (Lipinski definition) is 8. The first-order valence-corrected chi connectivity index (χ1v) is 11.6. The largest absolute Gasteiger partial charge is 0.396 e. The van der Waals surface area contributed by atoms with Crippen LogP contribution in [0.2, 0.25) is 0 Å². The van der Waals surface area contributed by atoms with Crippen LogP contribution in [0.5, 0.6) is 0 Å². The van der Waals surface area contributed by atoms with Crippen molar-refractivity contribution in [1.82, 2.24) is 19.7 Å². The van der Waals surface area contributed by atoms with Gasteiger partial charge in [-0.2, -0.15) is 0 Å². The van der Waals surface area contributed by atoms with E-state index in [2.05, 4.69) is 20.5 Å². The Balaban J connectivity index is 1.56. The summed E-state index contributed by atoms with van der Waals surface area (Å²) < 4.78 is 16.5. The predicted octanol–water partition coefficient (Wildman–Crippen LogP) is 4.06. The monoisotopic (exact) mass is 472 g/mol. The van der Waals surface area contributed by atoms with Gasteiger partial charge in [0.15, 0.2) is 16.8 Å². The first kappa shape index (κ1) is 23.1. The molecule has 9 nitrogen and oxygen atoms in total. The maximum Gasteiger partial charge on any atom is 0.258 e. The van der Waals surface area contributed by atoms with Gasteiger partial charge in [-0.15, -0.1) is 10.2 Å². The lowest BCUT2D eigenvalue weighted by Gasteiger charge is -2.13. The molecule has 4 N–H and O–H groups in total. The molecule has 1 aliphatic rings. The van der Waals surface area contributed by atoms with Crippen LogP contribution < -0.4 is 10.8 Å². The molecule has 2 aromatic heterocycles. The minimum Gasteiger partial charge on any atom is -0.396 e. The second-order valence-electron chi connectivity index (χ2n) is 7.84. The summed E-state index contributed by atoms with van der Waals surface area (Å²) in [6.45, 7) is 0.553. The zero-order valence-corrected chi connectivity index (χ0v) is 18.7. The predicted molar refractivity (Wildman–Crippen MR) is 121 cm³/mol. The average Bonchev–Trinajstić information content (AvgIpc) is 3.51. The van der Waals surface area contributed by atoms with Gasteiger partial charge in [-0.05, 0) is 66.8 Å². The molecule has 11 heteroatoms. The summed E-state index contributed by atoms with van der Waals surface area (Å²) in [5.41, 5.74) is 3.38. The van der Waals surface area contributed by atoms with Gasteiger partial charge in [0.1, 0.15) is 6.33 Å². The summed E-state index contributed by atoms with van der Waals surface area (Å²) in [7, 11) is 0. The number of aliphatic hydroxyl groups is 1. The maximum atomic E-state index is 14.7. The number of nitrogens with zero attached hydrogens (tertiary/aromatic N) is 4. The number of aliphatic hydroxyl groups excluding tert-OH is 1. The molecule has 0 radical (unpaired) electrons. The van der Waals surface area contributed by atoms with E-state index in [4.69, 9.17) is 5.11 Å². The van der Waals surface area contributed by atoms with Gasteiger partial charge in [0, 0.05) is 24.2 Å². The topological polar surface area (TPSA) is 125 Å². The molecule has 1 amide bonds. The quantitative estimate of drug-likeness (QED) is 0.344. The SMILES string of the molecule is O=C(Nc1ncc(C2CCCC2)cc1F)c1cc(NO)ccc1Sc1nncn1CCCO. The first-order valence-electron chi connectivity index (χ1n) is 10.8. The van der Waals surface area contributed by atoms with E-state index in [1.807, 2.05) is 5.48 Å². The van der Waals surface area contributed by atoms with Gasteiger partial charge in [-0.1, -0.05) is 12.8 Å². The molecule has 2 heterocycles. The Labute approximate surface area is 194 Å². The number of benzene rings is 1. The highest BCUT2D eigenvalue weighted by Gasteiger charge is 2.21. The minimum atomic E-state index is -0.581. The maximum absolute atomic E-state index is 14.7. The highest BCUT2D eigenvalue weighted by atomic mass is 32.2. The van der Waals surface area contributed by atoms with Gasteiger partial charge in [0.25, 0.3) is 5.91 Å². The molecule has 0 saturated heterocycles. The Kier molecular flexibility index (Phi) is 7.53. The Morgan fingerprint density at radius 2 is 2.09 bits per heavy atom. The summed E-state index contributed by atoms with van der Waals surface area (Å²) in [5.74, 6) is -0.986. The number of pyridine rings is 1. The zero-order chi connectivity index (χ0) is 23.2. The van der Waals surface area contributed by atoms with Crippen molar-refractivity contribution in [3.63, 3.8) is 0 Å². The van der Waals surface area contributed by atoms with Crippen molar-refractivity contribution in [2.45, 2.75) is 54.6 Å². The molecular weight excluding hydrogens is 447 g/mol. The summed E-state index contributed by atoms with van der Waals surface area (Å²) in [6, 6.07) is 6.15. The standard InChI is InChI=1S/C22H25FN6O3S/c23-18-10-15(14-4-1-2-5-14)12-24-20(18)26-21(31)17-11-16(28-32)6-7-19(17)33-22-27-25-13-29(22)8-3-9-30/h6-7,10-14,28,30,32H,1-5,8-9H2,(H,24,26,31). The van der Waals surface area contributed by atoms with E-state index in [0.717, 1.165) is 31.2 Å². The Hall–Kier alpha value is -3.02. The Morgan fingerprint density at radius 3 is 2.82 bits per heavy atom. The van der Waals surface area contributed by atoms with Gasteiger partial charge < -0.3 is 15.0 Å². The lowest BCUT2D eigenvalue weighted by Crippen LogP contribution is -2.16. The van der Waals surface area contributed by atoms with Crippen molar-refractivity contribution in [2.24, 2.45) is 0 Å². The number of carbonyl (C=O) groups excluding carboxylic acids is 1. The zero-order valence-electron chi connectivity index (χ0n) is 17.9. The highest BCUT2D eigenvalue weighted by Crippen LogP contribution is 2.35. The van der Waals surface area contributed by atoms with Gasteiger partial charge in [-0.3, -0.25) is 15.5 Å². The fraction of sp³-hybridized carbons (Fsp3) is 0.364. The second-order valence-corrected chi connectivity index (χ2v) is 8.85. The smallest absolute Gasteiger partial charge is 0.258 e. The van der Waals surface area contributed by atoms with E-state index >= 15 is 0 Å². The first-order chi connectivity index (χ1) is 16.1. The lowest BCUT2D eigenvalue weighted by molar-refractivity contribution is 0.102. The van der Waals surface area contributed by atoms with E-state index in [1.165, 1.54) is 23.9 Å². The molecular formula is C22H25FN6O3S. The molecule has 1 aliphatic carbocycles. The molecule has 0 unspecified atom stereocenters. The van der Waals surface area contributed by atoms with Crippen LogP contribution in [-0.2, 0) is 6.54 Å². The van der Waals surface area contributed by atoms with Crippen molar-refractivity contribution in [3.05, 3.63) is 53.7 Å². The molecule has 33 heavy (non-hydrogen) atoms. The van der Waals surface area contributed by atoms with E-state index in [-0.39, 0.29) is 18.0 Å². The van der Waals surface area contributed by atoms with Crippen molar-refractivity contribution in [1.29, 1.82) is 0 Å².